The molecule has 0 aromatic rings. The number of aliphatic hydroxyl groups is 2. The van der Waals surface area contributed by atoms with Gasteiger partial charge in [-0.2, -0.15) is 0 Å². The van der Waals surface area contributed by atoms with Crippen LogP contribution in [0.1, 0.15) is 12.8 Å². The van der Waals surface area contributed by atoms with E-state index in [-0.39, 0.29) is 19.8 Å². The molecule has 0 saturated carbocycles. The molecule has 0 aromatic carbocycles. The van der Waals surface area contributed by atoms with Crippen LogP contribution in [0.3, 0.4) is 0 Å². The van der Waals surface area contributed by atoms with Gasteiger partial charge in [-0.25, -0.2) is 0 Å². The molecule has 0 aliphatic carbocycles. The van der Waals surface area contributed by atoms with Gasteiger partial charge in [0.05, 0.1) is 4.87 Å². The Morgan fingerprint density at radius 2 is 1.60 bits per heavy atom. The lowest BCUT2D eigenvalue weighted by atomic mass is 10.0. The van der Waals surface area contributed by atoms with Crippen molar-refractivity contribution in [1.82, 2.24) is 0 Å². The Kier molecular flexibility index (Phi) is 4.99. The minimum Gasteiger partial charge on any atom is -0.396 e. The highest BCUT2D eigenvalue weighted by Gasteiger charge is 2.23. The summed E-state index contributed by atoms with van der Waals surface area (Å²) >= 11 is 5.88. The van der Waals surface area contributed by atoms with E-state index in [1.54, 1.807) is 0 Å². The zero-order valence-corrected chi connectivity index (χ0v) is 6.64. The van der Waals surface area contributed by atoms with E-state index in [2.05, 4.69) is 0 Å². The largest absolute Gasteiger partial charge is 0.396 e. The lowest BCUT2D eigenvalue weighted by molar-refractivity contribution is 0.229. The zero-order valence-electron chi connectivity index (χ0n) is 5.89. The second-order valence-electron chi connectivity index (χ2n) is 2.30. The minimum atomic E-state index is -0.608. The van der Waals surface area contributed by atoms with Crippen molar-refractivity contribution in [2.75, 3.05) is 19.8 Å². The first-order valence-electron chi connectivity index (χ1n) is 3.29. The van der Waals surface area contributed by atoms with Gasteiger partial charge in [0, 0.05) is 19.8 Å². The third kappa shape index (κ3) is 3.37. The van der Waals surface area contributed by atoms with Gasteiger partial charge in [-0.15, -0.1) is 11.6 Å². The fourth-order valence-corrected chi connectivity index (χ4v) is 0.899. The van der Waals surface area contributed by atoms with Crippen LogP contribution in [0, 0.1) is 0 Å². The molecule has 4 N–H and O–H groups in total. The molecule has 0 amide bonds. The molecule has 0 atom stereocenters. The molecule has 0 aliphatic heterocycles. The van der Waals surface area contributed by atoms with Crippen molar-refractivity contribution in [3.63, 3.8) is 0 Å². The summed E-state index contributed by atoms with van der Waals surface area (Å²) in [6.45, 7) is 0.317. The van der Waals surface area contributed by atoms with Crippen LogP contribution in [-0.2, 0) is 0 Å². The number of aliphatic hydroxyl groups excluding tert-OH is 2. The first kappa shape index (κ1) is 10.2. The maximum atomic E-state index is 8.54. The Balaban J connectivity index is 3.69. The normalized spacial score (nSPS) is 12.0. The molecule has 0 heterocycles. The van der Waals surface area contributed by atoms with E-state index in [1.807, 2.05) is 0 Å². The van der Waals surface area contributed by atoms with Gasteiger partial charge < -0.3 is 15.9 Å². The lowest BCUT2D eigenvalue weighted by Gasteiger charge is -2.22. The van der Waals surface area contributed by atoms with Gasteiger partial charge in [0.1, 0.15) is 0 Å². The third-order valence-corrected chi connectivity index (χ3v) is 2.02. The van der Waals surface area contributed by atoms with Crippen LogP contribution in [0.15, 0.2) is 0 Å². The summed E-state index contributed by atoms with van der Waals surface area (Å²) in [5.41, 5.74) is 5.32. The van der Waals surface area contributed by atoms with Gasteiger partial charge >= 0.3 is 0 Å². The molecule has 0 rings (SSSR count). The number of rotatable bonds is 5. The summed E-state index contributed by atoms with van der Waals surface area (Å²) in [4.78, 5) is -0.608. The van der Waals surface area contributed by atoms with Gasteiger partial charge in [-0.1, -0.05) is 0 Å². The SMILES string of the molecule is NCC(Cl)(CCO)CCO. The van der Waals surface area contributed by atoms with Gasteiger partial charge in [0.15, 0.2) is 0 Å². The van der Waals surface area contributed by atoms with Crippen molar-refractivity contribution in [3.8, 4) is 0 Å². The lowest BCUT2D eigenvalue weighted by Crippen LogP contribution is -2.33. The highest BCUT2D eigenvalue weighted by molar-refractivity contribution is 6.24. The predicted molar refractivity (Wildman–Crippen MR) is 41.0 cm³/mol. The number of hydrogen-bond acceptors (Lipinski definition) is 3. The molecule has 0 aliphatic rings. The van der Waals surface area contributed by atoms with Crippen LogP contribution in [0.25, 0.3) is 0 Å². The molecule has 0 saturated heterocycles. The van der Waals surface area contributed by atoms with Crippen molar-refractivity contribution in [1.29, 1.82) is 0 Å². The average Bonchev–Trinajstić information content (AvgIpc) is 1.89. The first-order valence-corrected chi connectivity index (χ1v) is 3.67. The van der Waals surface area contributed by atoms with Crippen LogP contribution in [0.5, 0.6) is 0 Å². The van der Waals surface area contributed by atoms with Crippen LogP contribution < -0.4 is 5.73 Å². The quantitative estimate of drug-likeness (QED) is 0.492. The molecular weight excluding hydrogens is 154 g/mol. The van der Waals surface area contributed by atoms with Crippen LogP contribution in [0.2, 0.25) is 0 Å². The molecule has 3 nitrogen and oxygen atoms in total. The van der Waals surface area contributed by atoms with E-state index in [9.17, 15) is 0 Å². The first-order chi connectivity index (χ1) is 4.68. The van der Waals surface area contributed by atoms with E-state index in [0.717, 1.165) is 0 Å². The van der Waals surface area contributed by atoms with E-state index in [1.165, 1.54) is 0 Å². The van der Waals surface area contributed by atoms with Crippen molar-refractivity contribution < 1.29 is 10.2 Å². The Morgan fingerprint density at radius 3 is 1.80 bits per heavy atom. The topological polar surface area (TPSA) is 66.5 Å². The molecule has 4 heteroatoms. The van der Waals surface area contributed by atoms with Crippen molar-refractivity contribution >= 4 is 11.6 Å². The number of halogens is 1. The predicted octanol–water partition coefficient (Wildman–Crippen LogP) is -0.312. The Bertz CT molecular complexity index is 83.8. The van der Waals surface area contributed by atoms with Gasteiger partial charge in [-0.3, -0.25) is 0 Å². The number of hydrogen-bond donors (Lipinski definition) is 3. The summed E-state index contributed by atoms with van der Waals surface area (Å²) in [7, 11) is 0. The monoisotopic (exact) mass is 167 g/mol. The van der Waals surface area contributed by atoms with Crippen LogP contribution in [0.4, 0.5) is 0 Å². The Labute approximate surface area is 65.8 Å². The van der Waals surface area contributed by atoms with Gasteiger partial charge in [-0.05, 0) is 12.8 Å². The second-order valence-corrected chi connectivity index (χ2v) is 3.10. The Morgan fingerprint density at radius 1 is 1.20 bits per heavy atom. The minimum absolute atomic E-state index is 0.0146. The van der Waals surface area contributed by atoms with Gasteiger partial charge in [0.2, 0.25) is 0 Å². The molecule has 0 bridgehead atoms. The molecule has 62 valence electrons. The van der Waals surface area contributed by atoms with E-state index in [4.69, 9.17) is 27.5 Å². The van der Waals surface area contributed by atoms with Crippen molar-refractivity contribution in [2.24, 2.45) is 5.73 Å². The van der Waals surface area contributed by atoms with Crippen molar-refractivity contribution in [3.05, 3.63) is 0 Å². The zero-order chi connectivity index (χ0) is 8.04. The van der Waals surface area contributed by atoms with E-state index >= 15 is 0 Å². The maximum Gasteiger partial charge on any atom is 0.0612 e. The van der Waals surface area contributed by atoms with Gasteiger partial charge in [0.25, 0.3) is 0 Å². The standard InChI is InChI=1S/C6H14ClNO2/c7-6(5-8,1-3-9)2-4-10/h9-10H,1-5,8H2. The third-order valence-electron chi connectivity index (χ3n) is 1.49. The molecule has 0 radical (unpaired) electrons. The van der Waals surface area contributed by atoms with E-state index in [0.29, 0.717) is 12.8 Å². The molecule has 0 unspecified atom stereocenters. The summed E-state index contributed by atoms with van der Waals surface area (Å²) in [6.07, 6.45) is 0.872. The molecule has 0 spiro atoms. The highest BCUT2D eigenvalue weighted by atomic mass is 35.5. The molecule has 0 aromatic heterocycles. The Hall–Kier alpha value is 0.170. The number of nitrogens with two attached hydrogens (primary N) is 1. The second kappa shape index (κ2) is 4.91. The van der Waals surface area contributed by atoms with Crippen LogP contribution >= 0.6 is 11.6 Å². The summed E-state index contributed by atoms with van der Waals surface area (Å²) in [5, 5.41) is 17.1. The summed E-state index contributed by atoms with van der Waals surface area (Å²) < 4.78 is 0. The molecule has 10 heavy (non-hydrogen) atoms. The fourth-order valence-electron chi connectivity index (χ4n) is 0.730. The molecule has 0 fully saturated rings. The van der Waals surface area contributed by atoms with E-state index < -0.39 is 4.87 Å². The summed E-state index contributed by atoms with van der Waals surface area (Å²) in [5.74, 6) is 0. The van der Waals surface area contributed by atoms with Crippen molar-refractivity contribution in [2.45, 2.75) is 17.7 Å². The maximum absolute atomic E-state index is 8.54. The fraction of sp³-hybridized carbons (Fsp3) is 1.00. The molecular formula is C6H14ClNO2. The highest BCUT2D eigenvalue weighted by Crippen LogP contribution is 2.21. The summed E-state index contributed by atoms with van der Waals surface area (Å²) in [6, 6.07) is 0. The average molecular weight is 168 g/mol. The number of alkyl halides is 1. The van der Waals surface area contributed by atoms with Crippen LogP contribution in [-0.4, -0.2) is 34.8 Å². The smallest absolute Gasteiger partial charge is 0.0612 e.